The van der Waals surface area contributed by atoms with Crippen molar-refractivity contribution >= 4 is 5.52 Å². The summed E-state index contributed by atoms with van der Waals surface area (Å²) in [6, 6.07) is 13.5. The van der Waals surface area contributed by atoms with Crippen molar-refractivity contribution in [2.75, 3.05) is 0 Å². The molecule has 0 amide bonds. The summed E-state index contributed by atoms with van der Waals surface area (Å²) in [6.07, 6.45) is 5.50. The van der Waals surface area contributed by atoms with E-state index in [9.17, 15) is 5.11 Å². The number of fused-ring (bicyclic) bond motifs is 1. The number of ether oxygens (including phenoxy) is 1. The fourth-order valence-electron chi connectivity index (χ4n) is 2.48. The van der Waals surface area contributed by atoms with E-state index >= 15 is 0 Å². The second-order valence-electron chi connectivity index (χ2n) is 5.42. The Hall–Kier alpha value is -2.33. The zero-order chi connectivity index (χ0) is 14.2. The Morgan fingerprint density at radius 2 is 2.10 bits per heavy atom. The van der Waals surface area contributed by atoms with Gasteiger partial charge in [0.1, 0.15) is 11.9 Å². The van der Waals surface area contributed by atoms with E-state index in [0.29, 0.717) is 6.10 Å². The van der Waals surface area contributed by atoms with Gasteiger partial charge in [0.15, 0.2) is 0 Å². The van der Waals surface area contributed by atoms with E-state index in [2.05, 4.69) is 5.10 Å². The van der Waals surface area contributed by atoms with Gasteiger partial charge in [-0.05, 0) is 42.7 Å². The third-order valence-corrected chi connectivity index (χ3v) is 3.75. The summed E-state index contributed by atoms with van der Waals surface area (Å²) in [5, 5.41) is 14.9. The molecule has 1 aromatic carbocycles. The van der Waals surface area contributed by atoms with Gasteiger partial charge in [-0.1, -0.05) is 18.2 Å². The number of nitrogens with zero attached hydrogens (tertiary/aromatic N) is 2. The van der Waals surface area contributed by atoms with Gasteiger partial charge in [-0.2, -0.15) is 5.10 Å². The Bertz CT molecular complexity index is 777. The Kier molecular flexibility index (Phi) is 2.89. The first-order chi connectivity index (χ1) is 10.3. The van der Waals surface area contributed by atoms with Crippen LogP contribution in [0.25, 0.3) is 5.52 Å². The fourth-order valence-corrected chi connectivity index (χ4v) is 2.48. The van der Waals surface area contributed by atoms with E-state index in [1.54, 1.807) is 10.7 Å². The van der Waals surface area contributed by atoms with Crippen LogP contribution >= 0.6 is 0 Å². The maximum Gasteiger partial charge on any atom is 0.120 e. The molecule has 0 radical (unpaired) electrons. The average molecular weight is 280 g/mol. The first kappa shape index (κ1) is 12.4. The molecule has 1 aliphatic carbocycles. The highest BCUT2D eigenvalue weighted by atomic mass is 16.5. The molecule has 21 heavy (non-hydrogen) atoms. The van der Waals surface area contributed by atoms with Crippen molar-refractivity contribution in [3.63, 3.8) is 0 Å². The molecule has 1 unspecified atom stereocenters. The largest absolute Gasteiger partial charge is 0.490 e. The number of aliphatic hydroxyl groups excluding tert-OH is 1. The van der Waals surface area contributed by atoms with E-state index in [0.717, 1.165) is 35.2 Å². The van der Waals surface area contributed by atoms with Crippen LogP contribution in [-0.2, 0) is 0 Å². The normalized spacial score (nSPS) is 16.0. The van der Waals surface area contributed by atoms with Crippen molar-refractivity contribution in [3.8, 4) is 5.75 Å². The van der Waals surface area contributed by atoms with Gasteiger partial charge in [-0.15, -0.1) is 0 Å². The minimum absolute atomic E-state index is 0.356. The van der Waals surface area contributed by atoms with Crippen molar-refractivity contribution in [1.82, 2.24) is 9.61 Å². The number of benzene rings is 1. The molecule has 4 nitrogen and oxygen atoms in total. The van der Waals surface area contributed by atoms with Crippen LogP contribution in [0, 0.1) is 0 Å². The molecule has 2 heterocycles. The molecule has 0 aliphatic heterocycles. The van der Waals surface area contributed by atoms with Crippen LogP contribution in [0.3, 0.4) is 0 Å². The number of aliphatic hydroxyl groups is 1. The Morgan fingerprint density at radius 3 is 2.95 bits per heavy atom. The molecule has 0 bridgehead atoms. The lowest BCUT2D eigenvalue weighted by molar-refractivity contribution is 0.220. The molecule has 1 N–H and O–H groups in total. The van der Waals surface area contributed by atoms with Crippen LogP contribution < -0.4 is 4.74 Å². The number of aromatic nitrogens is 2. The lowest BCUT2D eigenvalue weighted by atomic mass is 10.0. The molecule has 4 rings (SSSR count). The van der Waals surface area contributed by atoms with Gasteiger partial charge < -0.3 is 9.84 Å². The van der Waals surface area contributed by atoms with Gasteiger partial charge in [-0.25, -0.2) is 4.52 Å². The van der Waals surface area contributed by atoms with E-state index in [-0.39, 0.29) is 0 Å². The van der Waals surface area contributed by atoms with Crippen LogP contribution in [0.5, 0.6) is 5.75 Å². The molecule has 3 aromatic rings. The maximum absolute atomic E-state index is 10.6. The van der Waals surface area contributed by atoms with Gasteiger partial charge in [0.2, 0.25) is 0 Å². The standard InChI is InChI=1S/C17H16N2O2/c20-17(15-11-18-19-9-2-1-6-16(15)19)12-4-3-5-14(10-12)21-13-7-8-13/h1-6,9-11,13,17,20H,7-8H2. The smallest absolute Gasteiger partial charge is 0.120 e. The number of pyridine rings is 1. The maximum atomic E-state index is 10.6. The molecular weight excluding hydrogens is 264 g/mol. The van der Waals surface area contributed by atoms with Gasteiger partial charge in [0, 0.05) is 11.8 Å². The summed E-state index contributed by atoms with van der Waals surface area (Å²) in [6.45, 7) is 0. The summed E-state index contributed by atoms with van der Waals surface area (Å²) >= 11 is 0. The lowest BCUT2D eigenvalue weighted by Gasteiger charge is -2.12. The van der Waals surface area contributed by atoms with Gasteiger partial charge >= 0.3 is 0 Å². The first-order valence-electron chi connectivity index (χ1n) is 7.18. The van der Waals surface area contributed by atoms with Crippen molar-refractivity contribution in [2.45, 2.75) is 25.0 Å². The molecule has 1 atom stereocenters. The minimum atomic E-state index is -0.701. The predicted octanol–water partition coefficient (Wildman–Crippen LogP) is 2.96. The van der Waals surface area contributed by atoms with Gasteiger partial charge in [-0.3, -0.25) is 0 Å². The highest BCUT2D eigenvalue weighted by Crippen LogP contribution is 2.31. The van der Waals surface area contributed by atoms with E-state index < -0.39 is 6.10 Å². The SMILES string of the molecule is OC(c1cccc(OC2CC2)c1)c1cnn2ccccc12. The predicted molar refractivity (Wildman–Crippen MR) is 79.3 cm³/mol. The highest BCUT2D eigenvalue weighted by molar-refractivity contribution is 5.56. The van der Waals surface area contributed by atoms with Crippen LogP contribution in [0.2, 0.25) is 0 Å². The monoisotopic (exact) mass is 280 g/mol. The third-order valence-electron chi connectivity index (χ3n) is 3.75. The molecule has 0 spiro atoms. The van der Waals surface area contributed by atoms with Crippen molar-refractivity contribution in [3.05, 3.63) is 66.0 Å². The molecule has 0 saturated heterocycles. The first-order valence-corrected chi connectivity index (χ1v) is 7.18. The second kappa shape index (κ2) is 4.90. The number of rotatable bonds is 4. The molecule has 2 aromatic heterocycles. The highest BCUT2D eigenvalue weighted by Gasteiger charge is 2.24. The van der Waals surface area contributed by atoms with Crippen molar-refractivity contribution in [1.29, 1.82) is 0 Å². The van der Waals surface area contributed by atoms with Crippen molar-refractivity contribution < 1.29 is 9.84 Å². The quantitative estimate of drug-likeness (QED) is 0.799. The zero-order valence-electron chi connectivity index (χ0n) is 11.5. The van der Waals surface area contributed by atoms with E-state index in [1.165, 1.54) is 0 Å². The van der Waals surface area contributed by atoms with Crippen LogP contribution in [0.4, 0.5) is 0 Å². The Labute approximate surface area is 122 Å². The molecule has 106 valence electrons. The number of hydrogen-bond acceptors (Lipinski definition) is 3. The molecule has 4 heteroatoms. The summed E-state index contributed by atoms with van der Waals surface area (Å²) in [5.41, 5.74) is 2.55. The minimum Gasteiger partial charge on any atom is -0.490 e. The van der Waals surface area contributed by atoms with E-state index in [4.69, 9.17) is 4.74 Å². The van der Waals surface area contributed by atoms with E-state index in [1.807, 2.05) is 48.7 Å². The van der Waals surface area contributed by atoms with Crippen LogP contribution in [0.1, 0.15) is 30.1 Å². The topological polar surface area (TPSA) is 46.8 Å². The Morgan fingerprint density at radius 1 is 1.19 bits per heavy atom. The molecule has 1 saturated carbocycles. The number of hydrogen-bond donors (Lipinski definition) is 1. The van der Waals surface area contributed by atoms with Crippen LogP contribution in [-0.4, -0.2) is 20.8 Å². The van der Waals surface area contributed by atoms with Crippen molar-refractivity contribution in [2.24, 2.45) is 0 Å². The molecular formula is C17H16N2O2. The summed E-state index contributed by atoms with van der Waals surface area (Å²) in [7, 11) is 0. The Balaban J connectivity index is 1.68. The zero-order valence-corrected chi connectivity index (χ0v) is 11.5. The molecule has 1 aliphatic rings. The summed E-state index contributed by atoms with van der Waals surface area (Å²) in [4.78, 5) is 0. The summed E-state index contributed by atoms with van der Waals surface area (Å²) in [5.74, 6) is 0.825. The third kappa shape index (κ3) is 2.38. The molecule has 1 fully saturated rings. The van der Waals surface area contributed by atoms with Gasteiger partial charge in [0.05, 0.1) is 17.8 Å². The van der Waals surface area contributed by atoms with Gasteiger partial charge in [0.25, 0.3) is 0 Å². The fraction of sp³-hybridized carbons (Fsp3) is 0.235. The second-order valence-corrected chi connectivity index (χ2v) is 5.42. The summed E-state index contributed by atoms with van der Waals surface area (Å²) < 4.78 is 7.56. The average Bonchev–Trinajstić information content (AvgIpc) is 3.23. The van der Waals surface area contributed by atoms with Crippen LogP contribution in [0.15, 0.2) is 54.9 Å². The lowest BCUT2D eigenvalue weighted by Crippen LogP contribution is -2.01.